The SMILES string of the molecule is O=[N+]([O-])c1c(NCc2ccc(F)cc2C(F)(F)F)ncnc1N1CCN(Cc2ccccc2)CC1. The van der Waals surface area contributed by atoms with Gasteiger partial charge in [-0.15, -0.1) is 0 Å². The molecule has 1 N–H and O–H groups in total. The first kappa shape index (κ1) is 24.3. The number of hydrogen-bond acceptors (Lipinski definition) is 7. The van der Waals surface area contributed by atoms with E-state index in [9.17, 15) is 27.7 Å². The van der Waals surface area contributed by atoms with Crippen molar-refractivity contribution in [1.29, 1.82) is 0 Å². The normalized spacial score (nSPS) is 14.7. The van der Waals surface area contributed by atoms with E-state index in [0.717, 1.165) is 25.0 Å². The van der Waals surface area contributed by atoms with Crippen LogP contribution in [-0.4, -0.2) is 46.0 Å². The van der Waals surface area contributed by atoms with Crippen molar-refractivity contribution in [2.75, 3.05) is 36.4 Å². The molecule has 184 valence electrons. The number of anilines is 2. The van der Waals surface area contributed by atoms with E-state index in [0.29, 0.717) is 32.2 Å². The smallest absolute Gasteiger partial charge is 0.360 e. The second kappa shape index (κ2) is 10.2. The summed E-state index contributed by atoms with van der Waals surface area (Å²) in [7, 11) is 0. The molecule has 0 atom stereocenters. The van der Waals surface area contributed by atoms with Gasteiger partial charge in [-0.25, -0.2) is 14.4 Å². The molecule has 3 aromatic rings. The molecule has 2 heterocycles. The number of halogens is 4. The molecule has 1 fully saturated rings. The number of alkyl halides is 3. The number of rotatable bonds is 7. The van der Waals surface area contributed by atoms with E-state index in [1.165, 1.54) is 5.56 Å². The van der Waals surface area contributed by atoms with Crippen molar-refractivity contribution in [2.45, 2.75) is 19.3 Å². The van der Waals surface area contributed by atoms with E-state index in [2.05, 4.69) is 20.2 Å². The largest absolute Gasteiger partial charge is 0.416 e. The predicted octanol–water partition coefficient (Wildman–Crippen LogP) is 4.48. The van der Waals surface area contributed by atoms with Gasteiger partial charge in [0.15, 0.2) is 0 Å². The highest BCUT2D eigenvalue weighted by Gasteiger charge is 2.34. The Balaban J connectivity index is 1.50. The Bertz CT molecular complexity index is 1180. The van der Waals surface area contributed by atoms with Crippen LogP contribution in [0, 0.1) is 15.9 Å². The standard InChI is InChI=1S/C23H22F4N6O2/c24-18-7-6-17(19(12-18)23(25,26)27)13-28-21-20(33(34)35)22(30-15-29-21)32-10-8-31(9-11-32)14-16-4-2-1-3-5-16/h1-7,12,15H,8-11,13-14H2,(H,28,29,30). The van der Waals surface area contributed by atoms with Crippen LogP contribution in [0.1, 0.15) is 16.7 Å². The fourth-order valence-electron chi connectivity index (χ4n) is 4.00. The monoisotopic (exact) mass is 490 g/mol. The highest BCUT2D eigenvalue weighted by atomic mass is 19.4. The van der Waals surface area contributed by atoms with Crippen molar-refractivity contribution >= 4 is 17.3 Å². The number of nitro groups is 1. The summed E-state index contributed by atoms with van der Waals surface area (Å²) in [6.45, 7) is 2.61. The minimum atomic E-state index is -4.78. The van der Waals surface area contributed by atoms with Gasteiger partial charge in [-0.1, -0.05) is 36.4 Å². The summed E-state index contributed by atoms with van der Waals surface area (Å²) in [5, 5.41) is 14.5. The van der Waals surface area contributed by atoms with Crippen molar-refractivity contribution in [2.24, 2.45) is 0 Å². The number of nitrogens with zero attached hydrogens (tertiary/aromatic N) is 5. The highest BCUT2D eigenvalue weighted by molar-refractivity contribution is 5.70. The number of nitrogens with one attached hydrogen (secondary N) is 1. The Morgan fingerprint density at radius 2 is 1.74 bits per heavy atom. The number of aromatic nitrogens is 2. The minimum absolute atomic E-state index is 0.0991. The number of piperazine rings is 1. The zero-order valence-corrected chi connectivity index (χ0v) is 18.5. The molecule has 0 saturated carbocycles. The van der Waals surface area contributed by atoms with Gasteiger partial charge in [0.05, 0.1) is 10.5 Å². The van der Waals surface area contributed by atoms with E-state index in [1.807, 2.05) is 30.3 Å². The van der Waals surface area contributed by atoms with Crippen molar-refractivity contribution in [3.05, 3.63) is 87.5 Å². The van der Waals surface area contributed by atoms with Gasteiger partial charge < -0.3 is 10.2 Å². The Morgan fingerprint density at radius 1 is 1.03 bits per heavy atom. The molecular weight excluding hydrogens is 468 g/mol. The molecule has 0 radical (unpaired) electrons. The molecule has 0 amide bonds. The van der Waals surface area contributed by atoms with Crippen molar-refractivity contribution in [1.82, 2.24) is 14.9 Å². The van der Waals surface area contributed by atoms with E-state index < -0.39 is 34.7 Å². The van der Waals surface area contributed by atoms with Gasteiger partial charge in [0, 0.05) is 39.3 Å². The van der Waals surface area contributed by atoms with Crippen molar-refractivity contribution < 1.29 is 22.5 Å². The molecule has 1 aromatic heterocycles. The van der Waals surface area contributed by atoms with Crippen LogP contribution in [0.3, 0.4) is 0 Å². The first-order chi connectivity index (χ1) is 16.7. The summed E-state index contributed by atoms with van der Waals surface area (Å²) in [4.78, 5) is 23.2. The molecule has 1 aliphatic rings. The molecule has 2 aromatic carbocycles. The molecule has 0 spiro atoms. The fraction of sp³-hybridized carbons (Fsp3) is 0.304. The van der Waals surface area contributed by atoms with E-state index in [-0.39, 0.29) is 17.2 Å². The van der Waals surface area contributed by atoms with Crippen LogP contribution in [0.15, 0.2) is 54.9 Å². The maximum Gasteiger partial charge on any atom is 0.416 e. The highest BCUT2D eigenvalue weighted by Crippen LogP contribution is 2.35. The number of benzene rings is 2. The van der Waals surface area contributed by atoms with Crippen LogP contribution in [-0.2, 0) is 19.3 Å². The molecule has 0 unspecified atom stereocenters. The average molecular weight is 490 g/mol. The van der Waals surface area contributed by atoms with Gasteiger partial charge in [0.25, 0.3) is 0 Å². The molecule has 0 aliphatic carbocycles. The molecule has 8 nitrogen and oxygen atoms in total. The topological polar surface area (TPSA) is 87.4 Å². The van der Waals surface area contributed by atoms with Gasteiger partial charge in [0.2, 0.25) is 11.6 Å². The third kappa shape index (κ3) is 5.83. The van der Waals surface area contributed by atoms with Crippen molar-refractivity contribution in [3.63, 3.8) is 0 Å². The lowest BCUT2D eigenvalue weighted by Crippen LogP contribution is -2.46. The Labute approximate surface area is 198 Å². The van der Waals surface area contributed by atoms with Crippen LogP contribution in [0.2, 0.25) is 0 Å². The van der Waals surface area contributed by atoms with Crippen LogP contribution in [0.25, 0.3) is 0 Å². The maximum absolute atomic E-state index is 13.4. The molecular formula is C23H22F4N6O2. The molecule has 0 bridgehead atoms. The lowest BCUT2D eigenvalue weighted by Gasteiger charge is -2.35. The Morgan fingerprint density at radius 3 is 2.40 bits per heavy atom. The Kier molecular flexibility index (Phi) is 7.10. The number of hydrogen-bond donors (Lipinski definition) is 1. The van der Waals surface area contributed by atoms with Gasteiger partial charge in [-0.3, -0.25) is 15.0 Å². The zero-order valence-electron chi connectivity index (χ0n) is 18.5. The van der Waals surface area contributed by atoms with E-state index in [1.54, 1.807) is 4.90 Å². The van der Waals surface area contributed by atoms with Crippen molar-refractivity contribution in [3.8, 4) is 0 Å². The second-order valence-electron chi connectivity index (χ2n) is 8.05. The summed E-state index contributed by atoms with van der Waals surface area (Å²) < 4.78 is 53.3. The molecule has 1 aliphatic heterocycles. The van der Waals surface area contributed by atoms with Crippen LogP contribution < -0.4 is 10.2 Å². The summed E-state index contributed by atoms with van der Waals surface area (Å²) in [6.07, 6.45) is -3.64. The van der Waals surface area contributed by atoms with E-state index >= 15 is 0 Å². The van der Waals surface area contributed by atoms with Gasteiger partial charge in [-0.05, 0) is 23.3 Å². The van der Waals surface area contributed by atoms with Gasteiger partial charge in [0.1, 0.15) is 12.1 Å². The fourth-order valence-corrected chi connectivity index (χ4v) is 4.00. The van der Waals surface area contributed by atoms with Gasteiger partial charge in [-0.2, -0.15) is 13.2 Å². The molecule has 12 heteroatoms. The quantitative estimate of drug-likeness (QED) is 0.297. The summed E-state index contributed by atoms with van der Waals surface area (Å²) in [5.74, 6) is -1.13. The van der Waals surface area contributed by atoms with Crippen LogP contribution in [0.5, 0.6) is 0 Å². The summed E-state index contributed by atoms with van der Waals surface area (Å²) >= 11 is 0. The van der Waals surface area contributed by atoms with Gasteiger partial charge >= 0.3 is 11.9 Å². The second-order valence-corrected chi connectivity index (χ2v) is 8.05. The van der Waals surface area contributed by atoms with E-state index in [4.69, 9.17) is 0 Å². The minimum Gasteiger partial charge on any atom is -0.360 e. The summed E-state index contributed by atoms with van der Waals surface area (Å²) in [5.41, 5.74) is -0.668. The third-order valence-corrected chi connectivity index (χ3v) is 5.73. The lowest BCUT2D eigenvalue weighted by molar-refractivity contribution is -0.383. The molecule has 35 heavy (non-hydrogen) atoms. The Hall–Kier alpha value is -3.80. The first-order valence-corrected chi connectivity index (χ1v) is 10.8. The third-order valence-electron chi connectivity index (χ3n) is 5.73. The summed E-state index contributed by atoms with van der Waals surface area (Å²) in [6, 6.07) is 12.2. The molecule has 1 saturated heterocycles. The molecule has 4 rings (SSSR count). The average Bonchev–Trinajstić information content (AvgIpc) is 2.83. The maximum atomic E-state index is 13.4. The zero-order chi connectivity index (χ0) is 25.0. The predicted molar refractivity (Wildman–Crippen MR) is 121 cm³/mol. The van der Waals surface area contributed by atoms with Crippen LogP contribution >= 0.6 is 0 Å². The lowest BCUT2D eigenvalue weighted by atomic mass is 10.1. The first-order valence-electron chi connectivity index (χ1n) is 10.8. The van der Waals surface area contributed by atoms with Crippen LogP contribution in [0.4, 0.5) is 34.9 Å².